The van der Waals surface area contributed by atoms with Crippen LogP contribution in [-0.2, 0) is 99.8 Å². The summed E-state index contributed by atoms with van der Waals surface area (Å²) >= 11 is 19.9. The van der Waals surface area contributed by atoms with E-state index in [1.807, 2.05) is 33.8 Å². The summed E-state index contributed by atoms with van der Waals surface area (Å²) in [6.07, 6.45) is -22.4. The molecule has 696 valence electrons. The van der Waals surface area contributed by atoms with Gasteiger partial charge in [-0.2, -0.15) is 0 Å². The predicted octanol–water partition coefficient (Wildman–Crippen LogP) is 10.1. The van der Waals surface area contributed by atoms with Gasteiger partial charge < -0.3 is 88.1 Å². The average molecular weight is 1960 g/mol. The molecular weight excluding hydrogens is 1860 g/mol. The van der Waals surface area contributed by atoms with Gasteiger partial charge in [-0.1, -0.05) is 126 Å². The van der Waals surface area contributed by atoms with Crippen LogP contribution < -0.4 is 40.5 Å². The summed E-state index contributed by atoms with van der Waals surface area (Å²) in [6.45, 7) is 13.7. The van der Waals surface area contributed by atoms with Crippen LogP contribution in [0.5, 0.6) is 23.0 Å². The van der Waals surface area contributed by atoms with Crippen LogP contribution in [0.25, 0.3) is 0 Å². The van der Waals surface area contributed by atoms with Crippen LogP contribution in [0.2, 0.25) is 0 Å². The number of benzene rings is 4. The average Bonchev–Trinajstić information content (AvgIpc) is 1.55. The topological polar surface area (TPSA) is 506 Å². The zero-order valence-corrected chi connectivity index (χ0v) is 76.2. The molecule has 9 aliphatic rings. The van der Waals surface area contributed by atoms with Crippen LogP contribution >= 0.6 is 80.2 Å². The van der Waals surface area contributed by atoms with Crippen molar-refractivity contribution in [3.05, 3.63) is 220 Å². The molecule has 128 heavy (non-hydrogen) atoms. The number of alkyl halides is 4. The summed E-state index contributed by atoms with van der Waals surface area (Å²) in [5.41, 5.74) is 7.47. The van der Waals surface area contributed by atoms with E-state index < -0.39 is 172 Å². The van der Waals surface area contributed by atoms with Crippen molar-refractivity contribution in [2.45, 2.75) is 207 Å². The van der Waals surface area contributed by atoms with Crippen molar-refractivity contribution < 1.29 is 158 Å². The molecule has 4 unspecified atom stereocenters. The van der Waals surface area contributed by atoms with Gasteiger partial charge in [0, 0.05) is 69.3 Å². The SMILES string of the molecule is Cc1cc(C)c2c(c1)COP(=O)(OC[C@@]1(F)O[C@@H](n3cc(C)c(=S)[nH]c3=O)[C@H](O)[C@@H]1O)O2.[2H]C([2H])(OP1(=O)OCc2cc(C)cc(C)c2O1)[C@@]1(F)O[C@@H](n2cc(C)c(=S)[nH]c2=O)[C@H](O)[C@@H]1O.[2H]C([2H])(OP1(=O)OCc2cc(C)cc(C)c2O1)[C@@]1(F)O[C@@]([2H])(N2C=C(C)C(=S)NC2=C)[C@H](O)[C@@H]1O.[2H][C@@]1(n2cc(C)c(=S)[nH]c2=O)O[C@](F)(COP2(=O)OCc3cc(C)cc(C)c3O2)[C@@H](O)[C@H]1O. The van der Waals surface area contributed by atoms with Crippen molar-refractivity contribution in [2.24, 2.45) is 0 Å². The summed E-state index contributed by atoms with van der Waals surface area (Å²) in [5, 5.41) is 85.7. The zero-order valence-electron chi connectivity index (χ0n) is 75.3. The Balaban J connectivity index is 0.000000152. The van der Waals surface area contributed by atoms with E-state index in [9.17, 15) is 73.5 Å². The molecule has 16 rings (SSSR count). The lowest BCUT2D eigenvalue weighted by Gasteiger charge is -2.35. The van der Waals surface area contributed by atoms with Crippen molar-refractivity contribution >= 4 is 85.2 Å². The summed E-state index contributed by atoms with van der Waals surface area (Å²) in [6, 6.07) is 14.1. The van der Waals surface area contributed by atoms with Crippen LogP contribution in [0.4, 0.5) is 17.6 Å². The molecule has 12 heterocycles. The minimum Gasteiger partial charge on any atom is -0.403 e. The van der Waals surface area contributed by atoms with Gasteiger partial charge in [-0.15, -0.1) is 0 Å². The lowest BCUT2D eigenvalue weighted by Crippen LogP contribution is -2.47. The third-order valence-electron chi connectivity index (χ3n) is 20.5. The fourth-order valence-corrected chi connectivity index (χ4v) is 19.6. The molecule has 39 nitrogen and oxygen atoms in total. The van der Waals surface area contributed by atoms with E-state index in [1.54, 1.807) is 84.0 Å². The van der Waals surface area contributed by atoms with Crippen LogP contribution in [0, 0.1) is 90.1 Å². The number of aliphatic hydroxyl groups is 8. The molecule has 0 aliphatic carbocycles. The smallest absolute Gasteiger partial charge is 0.403 e. The molecule has 7 aromatic rings. The second-order valence-electron chi connectivity index (χ2n) is 30.9. The fraction of sp³-hybridized carbons (Fsp3) is 0.468. The molecule has 0 radical (unpaired) electrons. The molecule has 0 bridgehead atoms. The first-order valence-corrected chi connectivity index (χ1v) is 45.7. The number of thiocarbonyl (C=S) groups is 1. The quantitative estimate of drug-likeness (QED) is 0.0243. The molecule has 4 saturated heterocycles. The number of phosphoric ester groups is 4. The minimum absolute atomic E-state index is 0.0817. The van der Waals surface area contributed by atoms with Gasteiger partial charge in [-0.3, -0.25) is 64.8 Å². The van der Waals surface area contributed by atoms with E-state index in [0.29, 0.717) is 81.7 Å². The third-order valence-corrected chi connectivity index (χ3v) is 27.1. The molecular formula is C77H90F4N8O31P4S4. The van der Waals surface area contributed by atoms with Crippen molar-refractivity contribution in [2.75, 3.05) is 26.3 Å². The number of halogens is 4. The number of phosphoric acid groups is 4. The highest BCUT2D eigenvalue weighted by Gasteiger charge is 2.63. The van der Waals surface area contributed by atoms with Gasteiger partial charge in [0.25, 0.3) is 23.4 Å². The Morgan fingerprint density at radius 3 is 1.10 bits per heavy atom. The molecule has 12 N–H and O–H groups in total. The number of H-pyrrole nitrogens is 3. The van der Waals surface area contributed by atoms with Gasteiger partial charge in [-0.05, 0) is 105 Å². The van der Waals surface area contributed by atoms with Crippen LogP contribution in [-0.4, -0.2) is 184 Å². The molecule has 3 aromatic heterocycles. The highest BCUT2D eigenvalue weighted by Crippen LogP contribution is 2.61. The number of aromatic amines is 3. The first-order valence-electron chi connectivity index (χ1n) is 41.2. The number of rotatable bonds is 16. The number of nitrogens with one attached hydrogen (secondary N) is 4. The number of ether oxygens (including phenoxy) is 4. The van der Waals surface area contributed by atoms with E-state index in [4.69, 9.17) is 130 Å². The summed E-state index contributed by atoms with van der Waals surface area (Å²) in [4.78, 5) is 44.8. The standard InChI is InChI=1S/C20H24FN2O7PS.3C19H22FN2O8PS/c1-10-5-11(2)16-14(6-10)8-27-31(26,30-16)28-9-20(21)17(25)15(24)19(29-20)23-7-12(3)18(32)22-13(23)4;3*1-9-4-10(2)14-12(5-9)7-27-31(26,30-14)28-8-19(20)15(24)13(23)17(29-19)22-6-11(3)16(32)21-18(22)25/h5-7,15,17,19,24-25H,4,8-9H2,1-3H3,(H,22,32);3*4-6,13,15,17,23-24H,7-8H2,1-3H3,(H,21,25,32)/t15-,17+,19-,20-,31?;3*13-,15+,17-,19-,31?/m1111/s1/i9D2,19D;17D;8D2;. The number of nitrogens with zero attached hydrogens (tertiary/aromatic N) is 4. The summed E-state index contributed by atoms with van der Waals surface area (Å²) in [7, 11) is -18.1. The number of fused-ring (bicyclic) bond motifs is 4. The number of hydrogen-bond donors (Lipinski definition) is 12. The monoisotopic (exact) mass is 1960 g/mol. The van der Waals surface area contributed by atoms with E-state index in [-0.39, 0.29) is 68.4 Å². The highest BCUT2D eigenvalue weighted by molar-refractivity contribution is 7.80. The molecule has 20 atom stereocenters. The van der Waals surface area contributed by atoms with Crippen LogP contribution in [0.15, 0.2) is 106 Å². The second kappa shape index (κ2) is 37.1. The lowest BCUT2D eigenvalue weighted by molar-refractivity contribution is -0.207. The molecule has 9 aliphatic heterocycles. The molecule has 51 heteroatoms. The second-order valence-corrected chi connectivity index (χ2v) is 38.7. The summed E-state index contributed by atoms with van der Waals surface area (Å²) in [5.74, 6) is -13.1. The van der Waals surface area contributed by atoms with Gasteiger partial charge in [-0.25, -0.2) is 50.2 Å². The first-order chi connectivity index (χ1) is 61.9. The third kappa shape index (κ3) is 20.2. The minimum atomic E-state index is -4.78. The maximum atomic E-state index is 16.0. The molecule has 4 aromatic carbocycles. The van der Waals surface area contributed by atoms with Gasteiger partial charge in [0.15, 0.2) is 24.9 Å². The Morgan fingerprint density at radius 1 is 0.438 bits per heavy atom. The predicted molar refractivity (Wildman–Crippen MR) is 451 cm³/mol. The van der Waals surface area contributed by atoms with E-state index in [0.717, 1.165) is 44.1 Å². The molecule has 0 saturated carbocycles. The molecule has 4 fully saturated rings. The Labute approximate surface area is 754 Å². The Bertz CT molecular complexity index is 6580. The molecule has 0 spiro atoms. The Kier molecular flexibility index (Phi) is 26.0. The largest absolute Gasteiger partial charge is 0.530 e. The lowest BCUT2D eigenvalue weighted by atomic mass is 10.1. The number of aliphatic hydroxyl groups excluding tert-OH is 8. The zero-order chi connectivity index (χ0) is 99.1. The first kappa shape index (κ1) is 89.6. The van der Waals surface area contributed by atoms with Crippen molar-refractivity contribution in [1.29, 1.82) is 0 Å². The van der Waals surface area contributed by atoms with Crippen LogP contribution in [0.3, 0.4) is 0 Å². The number of aryl methyl sites for hydroxylation is 11. The van der Waals surface area contributed by atoms with Crippen LogP contribution in [0.1, 0.15) is 117 Å². The normalized spacial score (nSPS) is 34.6. The fourth-order valence-electron chi connectivity index (χ4n) is 14.1. The van der Waals surface area contributed by atoms with Gasteiger partial charge >= 0.3 is 48.4 Å². The molecule has 0 amide bonds. The van der Waals surface area contributed by atoms with Gasteiger partial charge in [0.1, 0.15) is 123 Å². The van der Waals surface area contributed by atoms with E-state index >= 15 is 17.6 Å². The van der Waals surface area contributed by atoms with E-state index in [1.165, 1.54) is 26.2 Å². The Morgan fingerprint density at radius 2 is 0.727 bits per heavy atom. The maximum Gasteiger partial charge on any atom is 0.530 e. The van der Waals surface area contributed by atoms with Crippen molar-refractivity contribution in [3.8, 4) is 23.0 Å². The van der Waals surface area contributed by atoms with Gasteiger partial charge in [0.05, 0.1) is 34.7 Å². The van der Waals surface area contributed by atoms with E-state index in [2.05, 4.69) is 26.8 Å². The van der Waals surface area contributed by atoms with Crippen molar-refractivity contribution in [1.82, 2.24) is 38.9 Å². The van der Waals surface area contributed by atoms with Gasteiger partial charge in [0.2, 0.25) is 0 Å². The van der Waals surface area contributed by atoms with Crippen molar-refractivity contribution in [3.63, 3.8) is 0 Å². The Hall–Kier alpha value is -7.61. The summed E-state index contributed by atoms with van der Waals surface area (Å²) < 4.78 is 249. The number of aromatic nitrogens is 6. The maximum absolute atomic E-state index is 16.0. The highest BCUT2D eigenvalue weighted by atomic mass is 32.1. The number of hydrogen-bond acceptors (Lipinski definition) is 36.